The second-order valence-electron chi connectivity index (χ2n) is 7.52. The van der Waals surface area contributed by atoms with Crippen LogP contribution in [0, 0.1) is 28.6 Å². The Morgan fingerprint density at radius 2 is 1.38 bits per heavy atom. The van der Waals surface area contributed by atoms with E-state index in [1.807, 2.05) is 0 Å². The average molecular weight is 219 g/mol. The Balaban J connectivity index is 1.66. The topological polar surface area (TPSA) is 26.0 Å². The zero-order valence-electron chi connectivity index (χ0n) is 10.4. The summed E-state index contributed by atoms with van der Waals surface area (Å²) in [5.41, 5.74) is 7.39. The van der Waals surface area contributed by atoms with Crippen molar-refractivity contribution in [1.82, 2.24) is 0 Å². The third-order valence-corrected chi connectivity index (χ3v) is 6.64. The molecule has 0 unspecified atom stereocenters. The molecule has 0 aromatic heterocycles. The number of hydrogen-bond acceptors (Lipinski definition) is 1. The largest absolute Gasteiger partial charge is 0.330 e. The van der Waals surface area contributed by atoms with E-state index >= 15 is 0 Å². The van der Waals surface area contributed by atoms with Crippen LogP contribution in [0.5, 0.6) is 0 Å². The van der Waals surface area contributed by atoms with Crippen LogP contribution in [0.1, 0.15) is 57.8 Å². The Morgan fingerprint density at radius 3 is 1.75 bits per heavy atom. The van der Waals surface area contributed by atoms with Gasteiger partial charge in [0, 0.05) is 0 Å². The first-order valence-electron chi connectivity index (χ1n) is 7.45. The highest BCUT2D eigenvalue weighted by molar-refractivity contribution is 5.14. The molecule has 0 aromatic carbocycles. The molecule has 1 heteroatoms. The molecule has 0 spiro atoms. The lowest BCUT2D eigenvalue weighted by molar-refractivity contribution is -0.0984. The van der Waals surface area contributed by atoms with Crippen molar-refractivity contribution < 1.29 is 0 Å². The summed E-state index contributed by atoms with van der Waals surface area (Å²) in [5, 5.41) is 0. The minimum atomic E-state index is 0.734. The molecular weight excluding hydrogens is 194 g/mol. The zero-order chi connectivity index (χ0) is 10.8. The number of nitrogens with two attached hydrogens (primary N) is 1. The molecule has 1 nitrogen and oxygen atoms in total. The first-order chi connectivity index (χ1) is 7.75. The van der Waals surface area contributed by atoms with Gasteiger partial charge in [-0.1, -0.05) is 0 Å². The Labute approximate surface area is 99.2 Å². The number of rotatable bonds is 3. The van der Waals surface area contributed by atoms with Crippen LogP contribution in [-0.4, -0.2) is 6.54 Å². The predicted octanol–water partition coefficient (Wildman–Crippen LogP) is 3.33. The molecule has 0 saturated heterocycles. The molecule has 0 heterocycles. The maximum Gasteiger partial charge on any atom is -0.00718 e. The number of hydrogen-bond donors (Lipinski definition) is 1. The van der Waals surface area contributed by atoms with Gasteiger partial charge in [0.15, 0.2) is 0 Å². The van der Waals surface area contributed by atoms with Gasteiger partial charge in [-0.15, -0.1) is 0 Å². The van der Waals surface area contributed by atoms with Crippen LogP contribution in [0.25, 0.3) is 0 Å². The normalized spacial score (nSPS) is 51.9. The second-order valence-corrected chi connectivity index (χ2v) is 7.52. The van der Waals surface area contributed by atoms with Gasteiger partial charge in [0.2, 0.25) is 0 Å². The Kier molecular flexibility index (Phi) is 1.89. The van der Waals surface area contributed by atoms with Crippen molar-refractivity contribution in [3.63, 3.8) is 0 Å². The molecule has 2 N–H and O–H groups in total. The molecule has 0 aromatic rings. The Bertz CT molecular complexity index is 267. The highest BCUT2D eigenvalue weighted by Crippen LogP contribution is 2.74. The molecule has 5 saturated carbocycles. The molecule has 5 aliphatic carbocycles. The minimum absolute atomic E-state index is 0.734. The van der Waals surface area contributed by atoms with Crippen LogP contribution in [-0.2, 0) is 0 Å². The summed E-state index contributed by atoms with van der Waals surface area (Å²) in [6.07, 6.45) is 13.8. The molecule has 0 atom stereocenters. The van der Waals surface area contributed by atoms with Gasteiger partial charge in [0.05, 0.1) is 0 Å². The van der Waals surface area contributed by atoms with Crippen LogP contribution in [0.15, 0.2) is 0 Å². The van der Waals surface area contributed by atoms with E-state index in [4.69, 9.17) is 5.73 Å². The fourth-order valence-electron chi connectivity index (χ4n) is 6.23. The van der Waals surface area contributed by atoms with Crippen molar-refractivity contribution in [2.75, 3.05) is 6.54 Å². The molecule has 16 heavy (non-hydrogen) atoms. The van der Waals surface area contributed by atoms with Gasteiger partial charge >= 0.3 is 0 Å². The van der Waals surface area contributed by atoms with Crippen LogP contribution in [0.2, 0.25) is 0 Å². The molecular formula is C15H25N. The summed E-state index contributed by atoms with van der Waals surface area (Å²) in [7, 11) is 0. The summed E-state index contributed by atoms with van der Waals surface area (Å²) in [4.78, 5) is 0. The predicted molar refractivity (Wildman–Crippen MR) is 65.9 cm³/mol. The summed E-state index contributed by atoms with van der Waals surface area (Å²) in [6.45, 7) is 0.932. The summed E-state index contributed by atoms with van der Waals surface area (Å²) in [6, 6.07) is 0. The molecule has 0 amide bonds. The lowest BCUT2D eigenvalue weighted by Gasteiger charge is -2.60. The highest BCUT2D eigenvalue weighted by atomic mass is 14.7. The fourth-order valence-corrected chi connectivity index (χ4v) is 6.23. The van der Waals surface area contributed by atoms with E-state index in [2.05, 4.69) is 0 Å². The molecule has 4 bridgehead atoms. The van der Waals surface area contributed by atoms with Gasteiger partial charge in [-0.3, -0.25) is 0 Å². The van der Waals surface area contributed by atoms with Crippen molar-refractivity contribution in [3.05, 3.63) is 0 Å². The van der Waals surface area contributed by atoms with Gasteiger partial charge in [-0.25, -0.2) is 0 Å². The molecule has 0 radical (unpaired) electrons. The van der Waals surface area contributed by atoms with Crippen molar-refractivity contribution in [1.29, 1.82) is 0 Å². The van der Waals surface area contributed by atoms with E-state index in [0.29, 0.717) is 0 Å². The zero-order valence-corrected chi connectivity index (χ0v) is 10.4. The van der Waals surface area contributed by atoms with E-state index in [-0.39, 0.29) is 0 Å². The highest BCUT2D eigenvalue weighted by Gasteiger charge is 2.64. The molecule has 5 aliphatic rings. The van der Waals surface area contributed by atoms with Gasteiger partial charge in [-0.05, 0) is 92.9 Å². The molecule has 5 fully saturated rings. The van der Waals surface area contributed by atoms with Gasteiger partial charge in [-0.2, -0.15) is 0 Å². The third kappa shape index (κ3) is 1.16. The maximum absolute atomic E-state index is 5.87. The summed E-state index contributed by atoms with van der Waals surface area (Å²) in [5.74, 6) is 3.34. The van der Waals surface area contributed by atoms with Crippen LogP contribution < -0.4 is 5.73 Å². The van der Waals surface area contributed by atoms with Crippen molar-refractivity contribution >= 4 is 0 Å². The van der Waals surface area contributed by atoms with Gasteiger partial charge in [0.1, 0.15) is 0 Å². The first kappa shape index (κ1) is 9.94. The van der Waals surface area contributed by atoms with Crippen LogP contribution in [0.3, 0.4) is 0 Å². The standard InChI is InChI=1S/C15H25N/c16-4-3-14(1-2-14)15-8-11-5-12(9-15)7-13(6-11)10-15/h11-13H,1-10,16H2. The summed E-state index contributed by atoms with van der Waals surface area (Å²) < 4.78 is 0. The van der Waals surface area contributed by atoms with Crippen molar-refractivity contribution in [2.45, 2.75) is 57.8 Å². The monoisotopic (exact) mass is 219 g/mol. The molecule has 0 aliphatic heterocycles. The smallest absolute Gasteiger partial charge is 0.00718 e. The first-order valence-corrected chi connectivity index (χ1v) is 7.45. The van der Waals surface area contributed by atoms with Gasteiger partial charge in [0.25, 0.3) is 0 Å². The quantitative estimate of drug-likeness (QED) is 0.774. The van der Waals surface area contributed by atoms with E-state index in [1.54, 1.807) is 38.5 Å². The second kappa shape index (κ2) is 3.04. The van der Waals surface area contributed by atoms with Crippen molar-refractivity contribution in [2.24, 2.45) is 34.3 Å². The van der Waals surface area contributed by atoms with E-state index in [1.165, 1.54) is 19.3 Å². The van der Waals surface area contributed by atoms with Gasteiger partial charge < -0.3 is 5.73 Å². The van der Waals surface area contributed by atoms with E-state index < -0.39 is 0 Å². The van der Waals surface area contributed by atoms with E-state index in [0.717, 1.165) is 35.1 Å². The average Bonchev–Trinajstić information content (AvgIpc) is 2.97. The van der Waals surface area contributed by atoms with Crippen LogP contribution >= 0.6 is 0 Å². The third-order valence-electron chi connectivity index (χ3n) is 6.64. The Hall–Kier alpha value is -0.0400. The van der Waals surface area contributed by atoms with Crippen LogP contribution in [0.4, 0.5) is 0 Å². The maximum atomic E-state index is 5.87. The Morgan fingerprint density at radius 1 is 0.875 bits per heavy atom. The molecule has 90 valence electrons. The lowest BCUT2D eigenvalue weighted by Crippen LogP contribution is -2.50. The van der Waals surface area contributed by atoms with Crippen molar-refractivity contribution in [3.8, 4) is 0 Å². The SMILES string of the molecule is NCCC1(C23CC4CC(CC(C4)C2)C3)CC1. The lowest BCUT2D eigenvalue weighted by atomic mass is 9.45. The fraction of sp³-hybridized carbons (Fsp3) is 1.00. The minimum Gasteiger partial charge on any atom is -0.330 e. The van der Waals surface area contributed by atoms with E-state index in [9.17, 15) is 0 Å². The molecule has 5 rings (SSSR count). The summed E-state index contributed by atoms with van der Waals surface area (Å²) >= 11 is 0.